The molecule has 0 aliphatic rings. The lowest BCUT2D eigenvalue weighted by Crippen LogP contribution is -2.41. The zero-order chi connectivity index (χ0) is 17.2. The topological polar surface area (TPSA) is 75.4 Å². The second-order valence-electron chi connectivity index (χ2n) is 5.61. The number of nitrogens with zero attached hydrogens (tertiary/aromatic N) is 1. The van der Waals surface area contributed by atoms with Crippen LogP contribution in [-0.4, -0.2) is 22.7 Å². The fourth-order valence-electron chi connectivity index (χ4n) is 2.55. The number of amides is 1. The first kappa shape index (κ1) is 16.9. The van der Waals surface area contributed by atoms with Crippen molar-refractivity contribution in [3.63, 3.8) is 0 Å². The molecule has 0 aliphatic carbocycles. The lowest BCUT2D eigenvalue weighted by molar-refractivity contribution is -0.121. The highest BCUT2D eigenvalue weighted by molar-refractivity contribution is 7.10. The molecule has 2 N–H and O–H groups in total. The number of hydrogen-bond donors (Lipinski definition) is 2. The molecule has 1 amide bonds. The van der Waals surface area contributed by atoms with E-state index in [0.717, 1.165) is 16.0 Å². The van der Waals surface area contributed by atoms with E-state index in [9.17, 15) is 9.90 Å². The van der Waals surface area contributed by atoms with E-state index < -0.39 is 5.60 Å². The maximum Gasteiger partial charge on any atom is 0.224 e. The number of aliphatic hydroxyl groups is 1. The fourth-order valence-corrected chi connectivity index (χ4v) is 4.12. The fraction of sp³-hybridized carbons (Fsp3) is 0.294. The van der Waals surface area contributed by atoms with Crippen LogP contribution in [0.25, 0.3) is 0 Å². The molecule has 0 aliphatic heterocycles. The SMILES string of the molecule is Cc1noc(C)c1CC(=O)NCC(O)(c1ccsc1)c1cccs1. The summed E-state index contributed by atoms with van der Waals surface area (Å²) in [7, 11) is 0. The van der Waals surface area contributed by atoms with Crippen LogP contribution in [0.1, 0.15) is 27.5 Å². The van der Waals surface area contributed by atoms with Crippen LogP contribution >= 0.6 is 22.7 Å². The van der Waals surface area contributed by atoms with Crippen LogP contribution in [0.5, 0.6) is 0 Å². The summed E-state index contributed by atoms with van der Waals surface area (Å²) in [6, 6.07) is 5.65. The summed E-state index contributed by atoms with van der Waals surface area (Å²) in [6.45, 7) is 3.72. The number of carbonyl (C=O) groups is 1. The molecule has 3 heterocycles. The third-order valence-corrected chi connectivity index (χ3v) is 5.69. The summed E-state index contributed by atoms with van der Waals surface area (Å²) in [5, 5.41) is 23.6. The zero-order valence-corrected chi connectivity index (χ0v) is 15.0. The van der Waals surface area contributed by atoms with Gasteiger partial charge in [0.25, 0.3) is 0 Å². The van der Waals surface area contributed by atoms with Crippen molar-refractivity contribution in [2.24, 2.45) is 0 Å². The van der Waals surface area contributed by atoms with Gasteiger partial charge in [-0.15, -0.1) is 11.3 Å². The van der Waals surface area contributed by atoms with Gasteiger partial charge in [-0.3, -0.25) is 4.79 Å². The van der Waals surface area contributed by atoms with E-state index in [2.05, 4.69) is 10.5 Å². The van der Waals surface area contributed by atoms with Crippen LogP contribution in [0.4, 0.5) is 0 Å². The quantitative estimate of drug-likeness (QED) is 0.707. The summed E-state index contributed by atoms with van der Waals surface area (Å²) < 4.78 is 5.08. The van der Waals surface area contributed by atoms with E-state index in [4.69, 9.17) is 4.52 Å². The van der Waals surface area contributed by atoms with Gasteiger partial charge < -0.3 is 14.9 Å². The van der Waals surface area contributed by atoms with E-state index in [1.165, 1.54) is 22.7 Å². The average Bonchev–Trinajstić information content (AvgIpc) is 3.31. The Morgan fingerprint density at radius 1 is 1.38 bits per heavy atom. The number of thiophene rings is 2. The monoisotopic (exact) mass is 362 g/mol. The Kier molecular flexibility index (Phi) is 4.84. The molecule has 0 saturated carbocycles. The first-order chi connectivity index (χ1) is 11.5. The maximum atomic E-state index is 12.3. The molecule has 0 saturated heterocycles. The smallest absolute Gasteiger partial charge is 0.224 e. The third-order valence-electron chi connectivity index (χ3n) is 3.99. The number of carbonyl (C=O) groups excluding carboxylic acids is 1. The van der Waals surface area contributed by atoms with Crippen molar-refractivity contribution in [3.05, 3.63) is 61.8 Å². The Hall–Kier alpha value is -1.96. The molecule has 0 aromatic carbocycles. The second kappa shape index (κ2) is 6.88. The van der Waals surface area contributed by atoms with Gasteiger partial charge >= 0.3 is 0 Å². The van der Waals surface area contributed by atoms with Crippen molar-refractivity contribution in [3.8, 4) is 0 Å². The number of hydrogen-bond acceptors (Lipinski definition) is 6. The average molecular weight is 362 g/mol. The summed E-state index contributed by atoms with van der Waals surface area (Å²) in [4.78, 5) is 13.1. The maximum absolute atomic E-state index is 12.3. The molecule has 5 nitrogen and oxygen atoms in total. The predicted molar refractivity (Wildman–Crippen MR) is 94.3 cm³/mol. The van der Waals surface area contributed by atoms with Crippen molar-refractivity contribution in [1.29, 1.82) is 0 Å². The molecule has 0 bridgehead atoms. The van der Waals surface area contributed by atoms with Gasteiger partial charge in [0, 0.05) is 16.0 Å². The second-order valence-corrected chi connectivity index (χ2v) is 7.33. The highest BCUT2D eigenvalue weighted by Crippen LogP contribution is 2.33. The van der Waals surface area contributed by atoms with Crippen molar-refractivity contribution >= 4 is 28.6 Å². The highest BCUT2D eigenvalue weighted by Gasteiger charge is 2.33. The van der Waals surface area contributed by atoms with Gasteiger partial charge in [0.15, 0.2) is 0 Å². The molecule has 126 valence electrons. The minimum absolute atomic E-state index is 0.118. The van der Waals surface area contributed by atoms with Gasteiger partial charge in [-0.25, -0.2) is 0 Å². The molecule has 1 atom stereocenters. The number of nitrogens with one attached hydrogen (secondary N) is 1. The Balaban J connectivity index is 1.74. The standard InChI is InChI=1S/C17H18N2O3S2/c1-11-14(12(2)22-19-11)8-16(20)18-10-17(21,13-5-7-23-9-13)15-4-3-6-24-15/h3-7,9,21H,8,10H2,1-2H3,(H,18,20). The molecule has 3 aromatic heterocycles. The summed E-state index contributed by atoms with van der Waals surface area (Å²) in [5.74, 6) is 0.476. The summed E-state index contributed by atoms with van der Waals surface area (Å²) in [5.41, 5.74) is 1.08. The molecule has 24 heavy (non-hydrogen) atoms. The normalized spacial score (nSPS) is 13.6. The van der Waals surface area contributed by atoms with Crippen LogP contribution in [0.2, 0.25) is 0 Å². The largest absolute Gasteiger partial charge is 0.378 e. The molecule has 3 aromatic rings. The lowest BCUT2D eigenvalue weighted by atomic mass is 9.94. The van der Waals surface area contributed by atoms with Crippen LogP contribution in [0.3, 0.4) is 0 Å². The van der Waals surface area contributed by atoms with Crippen LogP contribution in [0, 0.1) is 13.8 Å². The van der Waals surface area contributed by atoms with Gasteiger partial charge in [0.2, 0.25) is 5.91 Å². The van der Waals surface area contributed by atoms with Crippen molar-refractivity contribution in [2.75, 3.05) is 6.54 Å². The first-order valence-electron chi connectivity index (χ1n) is 7.48. The molecule has 1 unspecified atom stereocenters. The minimum Gasteiger partial charge on any atom is -0.378 e. The Labute approximate surface area is 147 Å². The van der Waals surface area contributed by atoms with E-state index in [1.54, 1.807) is 6.92 Å². The van der Waals surface area contributed by atoms with Crippen LogP contribution in [-0.2, 0) is 16.8 Å². The molecule has 7 heteroatoms. The van der Waals surface area contributed by atoms with E-state index in [0.29, 0.717) is 11.5 Å². The minimum atomic E-state index is -1.22. The molecule has 0 radical (unpaired) electrons. The van der Waals surface area contributed by atoms with Gasteiger partial charge in [-0.1, -0.05) is 11.2 Å². The van der Waals surface area contributed by atoms with Gasteiger partial charge in [-0.05, 0) is 42.1 Å². The zero-order valence-electron chi connectivity index (χ0n) is 13.4. The summed E-state index contributed by atoms with van der Waals surface area (Å²) in [6.07, 6.45) is 0.186. The molecule has 0 fully saturated rings. The van der Waals surface area contributed by atoms with Gasteiger partial charge in [0.05, 0.1) is 18.7 Å². The third kappa shape index (κ3) is 3.28. The Morgan fingerprint density at radius 2 is 2.21 bits per heavy atom. The lowest BCUT2D eigenvalue weighted by Gasteiger charge is -2.27. The van der Waals surface area contributed by atoms with Gasteiger partial charge in [-0.2, -0.15) is 11.3 Å². The van der Waals surface area contributed by atoms with Crippen molar-refractivity contribution < 1.29 is 14.4 Å². The number of rotatable bonds is 6. The van der Waals surface area contributed by atoms with E-state index in [1.807, 2.05) is 41.3 Å². The Morgan fingerprint density at radius 3 is 2.79 bits per heavy atom. The van der Waals surface area contributed by atoms with Crippen molar-refractivity contribution in [1.82, 2.24) is 10.5 Å². The number of aromatic nitrogens is 1. The molecule has 0 spiro atoms. The van der Waals surface area contributed by atoms with E-state index >= 15 is 0 Å². The number of aryl methyl sites for hydroxylation is 2. The molecular formula is C17H18N2O3S2. The highest BCUT2D eigenvalue weighted by atomic mass is 32.1. The van der Waals surface area contributed by atoms with Crippen LogP contribution in [0.15, 0.2) is 38.9 Å². The molecular weight excluding hydrogens is 344 g/mol. The van der Waals surface area contributed by atoms with Gasteiger partial charge in [0.1, 0.15) is 11.4 Å². The van der Waals surface area contributed by atoms with Crippen molar-refractivity contribution in [2.45, 2.75) is 25.9 Å². The van der Waals surface area contributed by atoms with Crippen LogP contribution < -0.4 is 5.32 Å². The first-order valence-corrected chi connectivity index (χ1v) is 9.30. The Bertz CT molecular complexity index is 753. The molecule has 3 rings (SSSR count). The van der Waals surface area contributed by atoms with E-state index in [-0.39, 0.29) is 18.9 Å². The predicted octanol–water partition coefficient (Wildman–Crippen LogP) is 3.01. The summed E-state index contributed by atoms with van der Waals surface area (Å²) >= 11 is 2.99.